The molecule has 4 atom stereocenters. The minimum Gasteiger partial charge on any atom is -0.480 e. The number of aromatic nitrogens is 4. The van der Waals surface area contributed by atoms with Crippen LogP contribution in [-0.4, -0.2) is 110 Å². The molecule has 0 radical (unpaired) electrons. The predicted molar refractivity (Wildman–Crippen MR) is 151 cm³/mol. The molecular weight excluding hydrogens is 645 g/mol. The average Bonchev–Trinajstić information content (AvgIpc) is 3.56. The van der Waals surface area contributed by atoms with Crippen LogP contribution in [0.2, 0.25) is 0 Å². The zero-order valence-corrected chi connectivity index (χ0v) is 25.1. The zero-order chi connectivity index (χ0) is 34.5. The number of piperidine rings is 1. The van der Waals surface area contributed by atoms with Gasteiger partial charge in [0.25, 0.3) is 11.8 Å². The first-order chi connectivity index (χ1) is 21.9. The van der Waals surface area contributed by atoms with Gasteiger partial charge in [0, 0.05) is 31.4 Å². The Bertz CT molecular complexity index is 1660. The van der Waals surface area contributed by atoms with Crippen LogP contribution < -0.4 is 15.8 Å². The standard InChI is InChI=1S/C28H31F7N8O4/c1-26(46,28(33,34)35)25(45)42-11-18(29)19(12-42)40-23(44)17-6-14(8-37-24(17)47-2)20-7-15(21-22(36)38-13-39-43(20)21)9-41-5-3-4-16(10-41)27(30,31)32/h6-8,13,16,18-19,46H,3-5,9-12H2,1-2H3,(H,40,44)(H2,36,38,39)/t16?,18-,19+,26?/m0/s1. The van der Waals surface area contributed by atoms with Crippen LogP contribution in [0.25, 0.3) is 16.8 Å². The van der Waals surface area contributed by atoms with Crippen LogP contribution in [0, 0.1) is 5.92 Å². The first-order valence-electron chi connectivity index (χ1n) is 14.4. The third-order valence-electron chi connectivity index (χ3n) is 8.43. The number of ether oxygens (including phenoxy) is 1. The highest BCUT2D eigenvalue weighted by molar-refractivity contribution is 5.98. The molecule has 2 unspecified atom stereocenters. The first kappa shape index (κ1) is 34.1. The van der Waals surface area contributed by atoms with Gasteiger partial charge in [-0.15, -0.1) is 0 Å². The number of amides is 2. The molecule has 256 valence electrons. The Morgan fingerprint density at radius 1 is 1.13 bits per heavy atom. The number of methoxy groups -OCH3 is 1. The number of likely N-dealkylation sites (tertiary alicyclic amines) is 2. The topological polar surface area (TPSA) is 151 Å². The van der Waals surface area contributed by atoms with E-state index in [0.29, 0.717) is 34.6 Å². The predicted octanol–water partition coefficient (Wildman–Crippen LogP) is 2.75. The zero-order valence-electron chi connectivity index (χ0n) is 25.1. The quantitative estimate of drug-likeness (QED) is 0.321. The molecule has 0 spiro atoms. The summed E-state index contributed by atoms with van der Waals surface area (Å²) in [5.74, 6) is -4.29. The van der Waals surface area contributed by atoms with Crippen LogP contribution in [0.1, 0.15) is 35.7 Å². The van der Waals surface area contributed by atoms with Crippen molar-refractivity contribution >= 4 is 23.1 Å². The van der Waals surface area contributed by atoms with E-state index in [1.807, 2.05) is 0 Å². The van der Waals surface area contributed by atoms with Crippen molar-refractivity contribution in [3.05, 3.63) is 35.8 Å². The van der Waals surface area contributed by atoms with E-state index in [0.717, 1.165) is 0 Å². The van der Waals surface area contributed by atoms with Crippen molar-refractivity contribution in [2.24, 2.45) is 5.92 Å². The summed E-state index contributed by atoms with van der Waals surface area (Å²) < 4.78 is 101. The van der Waals surface area contributed by atoms with Crippen molar-refractivity contribution in [3.63, 3.8) is 0 Å². The Labute approximate surface area is 262 Å². The molecule has 19 heteroatoms. The van der Waals surface area contributed by atoms with Crippen molar-refractivity contribution in [2.45, 2.75) is 56.5 Å². The lowest BCUT2D eigenvalue weighted by Gasteiger charge is -2.33. The number of hydrogen-bond acceptors (Lipinski definition) is 9. The third-order valence-corrected chi connectivity index (χ3v) is 8.43. The third kappa shape index (κ3) is 6.63. The minimum atomic E-state index is -5.31. The normalized spacial score (nSPS) is 22.3. The highest BCUT2D eigenvalue weighted by Gasteiger charge is 2.58. The highest BCUT2D eigenvalue weighted by atomic mass is 19.4. The molecule has 0 aliphatic carbocycles. The number of rotatable bonds is 7. The van der Waals surface area contributed by atoms with E-state index in [-0.39, 0.29) is 49.3 Å². The Hall–Kier alpha value is -4.26. The van der Waals surface area contributed by atoms with Crippen molar-refractivity contribution in [3.8, 4) is 17.1 Å². The molecule has 2 saturated heterocycles. The van der Waals surface area contributed by atoms with E-state index in [1.54, 1.807) is 11.0 Å². The Kier molecular flexibility index (Phi) is 8.99. The lowest BCUT2D eigenvalue weighted by molar-refractivity contribution is -0.249. The average molecular weight is 677 g/mol. The van der Waals surface area contributed by atoms with Crippen LogP contribution in [0.4, 0.5) is 36.6 Å². The van der Waals surface area contributed by atoms with Crippen molar-refractivity contribution in [1.82, 2.24) is 34.7 Å². The Morgan fingerprint density at radius 2 is 1.85 bits per heavy atom. The SMILES string of the molecule is COc1ncc(-c2cc(CN3CCCC(C(F)(F)F)C3)c3c(N)ncnn23)cc1C(=O)N[C@@H]1CN(C(=O)C(C)(O)C(F)(F)F)C[C@@H]1F. The summed E-state index contributed by atoms with van der Waals surface area (Å²) in [5.41, 5.74) is 3.67. The van der Waals surface area contributed by atoms with Gasteiger partial charge in [0.15, 0.2) is 5.82 Å². The molecule has 47 heavy (non-hydrogen) atoms. The molecule has 2 aliphatic heterocycles. The number of anilines is 1. The van der Waals surface area contributed by atoms with Crippen LogP contribution in [0.15, 0.2) is 24.7 Å². The van der Waals surface area contributed by atoms with Gasteiger partial charge in [-0.3, -0.25) is 14.5 Å². The number of halogens is 7. The van der Waals surface area contributed by atoms with Gasteiger partial charge in [-0.1, -0.05) is 0 Å². The summed E-state index contributed by atoms with van der Waals surface area (Å²) >= 11 is 0. The van der Waals surface area contributed by atoms with Crippen molar-refractivity contribution in [1.29, 1.82) is 0 Å². The van der Waals surface area contributed by atoms with E-state index in [1.165, 1.54) is 30.2 Å². The molecule has 5 rings (SSSR count). The van der Waals surface area contributed by atoms with E-state index in [2.05, 4.69) is 20.4 Å². The largest absolute Gasteiger partial charge is 0.480 e. The molecule has 3 aromatic heterocycles. The molecule has 5 heterocycles. The Morgan fingerprint density at radius 3 is 2.51 bits per heavy atom. The number of pyridine rings is 1. The number of alkyl halides is 7. The van der Waals surface area contributed by atoms with Gasteiger partial charge >= 0.3 is 12.4 Å². The van der Waals surface area contributed by atoms with Gasteiger partial charge in [-0.05, 0) is 44.0 Å². The molecule has 0 saturated carbocycles. The molecule has 2 fully saturated rings. The summed E-state index contributed by atoms with van der Waals surface area (Å²) in [6.07, 6.45) is -8.71. The monoisotopic (exact) mass is 676 g/mol. The van der Waals surface area contributed by atoms with E-state index in [4.69, 9.17) is 10.5 Å². The van der Waals surface area contributed by atoms with Crippen molar-refractivity contribution < 1.29 is 50.2 Å². The fourth-order valence-electron chi connectivity index (χ4n) is 5.84. The lowest BCUT2D eigenvalue weighted by Crippen LogP contribution is -2.56. The van der Waals surface area contributed by atoms with Gasteiger partial charge in [0.1, 0.15) is 23.6 Å². The number of carbonyl (C=O) groups excluding carboxylic acids is 2. The molecule has 0 aromatic carbocycles. The van der Waals surface area contributed by atoms with Crippen LogP contribution in [0.3, 0.4) is 0 Å². The molecule has 2 amide bonds. The number of aliphatic hydroxyl groups is 1. The van der Waals surface area contributed by atoms with Gasteiger partial charge < -0.3 is 25.8 Å². The number of hydrogen-bond donors (Lipinski definition) is 3. The summed E-state index contributed by atoms with van der Waals surface area (Å²) in [6.45, 7) is -0.868. The van der Waals surface area contributed by atoms with Gasteiger partial charge in [0.2, 0.25) is 11.5 Å². The highest BCUT2D eigenvalue weighted by Crippen LogP contribution is 2.36. The second kappa shape index (κ2) is 12.4. The number of nitrogens with two attached hydrogens (primary N) is 1. The van der Waals surface area contributed by atoms with Crippen LogP contribution in [-0.2, 0) is 11.3 Å². The summed E-state index contributed by atoms with van der Waals surface area (Å²) in [7, 11) is 1.22. The maximum atomic E-state index is 14.9. The maximum Gasteiger partial charge on any atom is 0.426 e. The van der Waals surface area contributed by atoms with Crippen LogP contribution >= 0.6 is 0 Å². The number of nitrogens with zero attached hydrogens (tertiary/aromatic N) is 6. The fraction of sp³-hybridized carbons (Fsp3) is 0.536. The van der Waals surface area contributed by atoms with Gasteiger partial charge in [-0.2, -0.15) is 31.4 Å². The maximum absolute atomic E-state index is 14.9. The minimum absolute atomic E-state index is 0.0299. The fourth-order valence-corrected chi connectivity index (χ4v) is 5.84. The summed E-state index contributed by atoms with van der Waals surface area (Å²) in [4.78, 5) is 36.0. The van der Waals surface area contributed by atoms with E-state index >= 15 is 0 Å². The molecule has 3 aromatic rings. The first-order valence-corrected chi connectivity index (χ1v) is 14.4. The molecule has 0 bridgehead atoms. The second-order valence-corrected chi connectivity index (χ2v) is 11.7. The Balaban J connectivity index is 1.41. The molecule has 2 aliphatic rings. The van der Waals surface area contributed by atoms with Gasteiger partial charge in [-0.25, -0.2) is 18.9 Å². The summed E-state index contributed by atoms with van der Waals surface area (Å²) in [6, 6.07) is 1.54. The summed E-state index contributed by atoms with van der Waals surface area (Å²) in [5, 5.41) is 16.3. The smallest absolute Gasteiger partial charge is 0.426 e. The van der Waals surface area contributed by atoms with Crippen LogP contribution in [0.5, 0.6) is 5.88 Å². The second-order valence-electron chi connectivity index (χ2n) is 11.7. The number of fused-ring (bicyclic) bond motifs is 1. The number of nitrogen functional groups attached to an aromatic ring is 1. The van der Waals surface area contributed by atoms with Crippen molar-refractivity contribution in [2.75, 3.05) is 39.0 Å². The lowest BCUT2D eigenvalue weighted by atomic mass is 9.97. The molecule has 12 nitrogen and oxygen atoms in total. The van der Waals surface area contributed by atoms with Gasteiger partial charge in [0.05, 0.1) is 31.3 Å². The number of nitrogens with one attached hydrogen (secondary N) is 1. The van der Waals surface area contributed by atoms with E-state index < -0.39 is 61.0 Å². The van der Waals surface area contributed by atoms with E-state index in [9.17, 15) is 45.4 Å². The molecule has 4 N–H and O–H groups in total. The number of carbonyl (C=O) groups is 2. The molecular formula is C28H31F7N8O4.